The Bertz CT molecular complexity index is 340. The van der Waals surface area contributed by atoms with E-state index in [4.69, 9.17) is 5.11 Å². The van der Waals surface area contributed by atoms with E-state index in [9.17, 15) is 10.2 Å². The summed E-state index contributed by atoms with van der Waals surface area (Å²) in [5.74, 6) is -0.305. The number of allylic oxidation sites excluding steroid dienone is 2. The third kappa shape index (κ3) is 2.42. The molecule has 3 nitrogen and oxygen atoms in total. The maximum Gasteiger partial charge on any atom is 0.126 e. The normalized spacial score (nSPS) is 9.86. The predicted molar refractivity (Wildman–Crippen MR) is 54.6 cm³/mol. The van der Waals surface area contributed by atoms with Gasteiger partial charge in [0.1, 0.15) is 17.2 Å². The van der Waals surface area contributed by atoms with Crippen LogP contribution in [0.4, 0.5) is 0 Å². The first kappa shape index (κ1) is 10.4. The quantitative estimate of drug-likeness (QED) is 0.633. The molecule has 0 bridgehead atoms. The van der Waals surface area contributed by atoms with Crippen molar-refractivity contribution in [2.75, 3.05) is 0 Å². The Morgan fingerprint density at radius 2 is 1.64 bits per heavy atom. The van der Waals surface area contributed by atoms with Gasteiger partial charge in [-0.25, -0.2) is 0 Å². The molecule has 14 heavy (non-hydrogen) atoms. The second-order valence-electron chi connectivity index (χ2n) is 3.45. The van der Waals surface area contributed by atoms with Crippen LogP contribution >= 0.6 is 0 Å². The van der Waals surface area contributed by atoms with Crippen molar-refractivity contribution >= 4 is 0 Å². The fourth-order valence-corrected chi connectivity index (χ4v) is 1.14. The van der Waals surface area contributed by atoms with Crippen molar-refractivity contribution in [1.82, 2.24) is 0 Å². The van der Waals surface area contributed by atoms with Crippen LogP contribution in [-0.4, -0.2) is 15.3 Å². The number of phenols is 3. The van der Waals surface area contributed by atoms with Gasteiger partial charge in [-0.3, -0.25) is 0 Å². The molecule has 76 valence electrons. The molecule has 3 heteroatoms. The molecule has 0 saturated carbocycles. The Labute approximate surface area is 82.9 Å². The lowest BCUT2D eigenvalue weighted by Crippen LogP contribution is -1.85. The maximum atomic E-state index is 9.44. The highest BCUT2D eigenvalue weighted by Gasteiger charge is 2.07. The van der Waals surface area contributed by atoms with Crippen LogP contribution in [0.5, 0.6) is 17.2 Å². The first-order valence-corrected chi connectivity index (χ1v) is 4.38. The van der Waals surface area contributed by atoms with Crippen molar-refractivity contribution in [2.24, 2.45) is 0 Å². The first-order valence-electron chi connectivity index (χ1n) is 4.38. The summed E-state index contributed by atoms with van der Waals surface area (Å²) in [6, 6.07) is 2.43. The Balaban J connectivity index is 3.03. The number of rotatable bonds is 2. The third-order valence-electron chi connectivity index (χ3n) is 1.90. The second-order valence-corrected chi connectivity index (χ2v) is 3.45. The molecule has 1 aromatic carbocycles. The van der Waals surface area contributed by atoms with Gasteiger partial charge in [-0.2, -0.15) is 0 Å². The minimum absolute atomic E-state index is 0.0833. The number of phenolic OH excluding ortho intramolecular Hbond substituents is 3. The van der Waals surface area contributed by atoms with E-state index in [1.54, 1.807) is 0 Å². The average Bonchev–Trinajstić information content (AvgIpc) is 2.01. The molecule has 0 aliphatic carbocycles. The van der Waals surface area contributed by atoms with Gasteiger partial charge in [-0.15, -0.1) is 0 Å². The summed E-state index contributed by atoms with van der Waals surface area (Å²) in [6.45, 7) is 3.88. The zero-order valence-corrected chi connectivity index (χ0v) is 8.28. The number of hydrogen-bond acceptors (Lipinski definition) is 3. The fraction of sp³-hybridized carbons (Fsp3) is 0.273. The van der Waals surface area contributed by atoms with E-state index < -0.39 is 0 Å². The van der Waals surface area contributed by atoms with Gasteiger partial charge in [0, 0.05) is 17.7 Å². The molecule has 0 aromatic heterocycles. The van der Waals surface area contributed by atoms with Crippen LogP contribution in [0, 0.1) is 0 Å². The predicted octanol–water partition coefficient (Wildman–Crippen LogP) is 2.31. The van der Waals surface area contributed by atoms with Gasteiger partial charge in [0.15, 0.2) is 0 Å². The highest BCUT2D eigenvalue weighted by Crippen LogP contribution is 2.32. The van der Waals surface area contributed by atoms with E-state index in [1.807, 2.05) is 19.9 Å². The zero-order valence-electron chi connectivity index (χ0n) is 8.28. The van der Waals surface area contributed by atoms with Gasteiger partial charge in [0.05, 0.1) is 0 Å². The van der Waals surface area contributed by atoms with Gasteiger partial charge in [-0.05, 0) is 20.3 Å². The molecular weight excluding hydrogens is 180 g/mol. The summed E-state index contributed by atoms with van der Waals surface area (Å²) in [5, 5.41) is 27.9. The van der Waals surface area contributed by atoms with Crippen LogP contribution < -0.4 is 0 Å². The van der Waals surface area contributed by atoms with E-state index in [1.165, 1.54) is 12.1 Å². The fourth-order valence-electron chi connectivity index (χ4n) is 1.14. The lowest BCUT2D eigenvalue weighted by Gasteiger charge is -2.05. The van der Waals surface area contributed by atoms with Crippen LogP contribution in [-0.2, 0) is 6.42 Å². The van der Waals surface area contributed by atoms with E-state index in [2.05, 4.69) is 0 Å². The number of benzene rings is 1. The van der Waals surface area contributed by atoms with Crippen LogP contribution in [0.2, 0.25) is 0 Å². The highest BCUT2D eigenvalue weighted by molar-refractivity contribution is 5.49. The van der Waals surface area contributed by atoms with Gasteiger partial charge in [0.2, 0.25) is 0 Å². The summed E-state index contributed by atoms with van der Waals surface area (Å²) in [4.78, 5) is 0. The highest BCUT2D eigenvalue weighted by atomic mass is 16.3. The first-order chi connectivity index (χ1) is 6.50. The van der Waals surface area contributed by atoms with Gasteiger partial charge in [-0.1, -0.05) is 11.6 Å². The topological polar surface area (TPSA) is 60.7 Å². The smallest absolute Gasteiger partial charge is 0.126 e. The van der Waals surface area contributed by atoms with E-state index in [0.717, 1.165) is 5.57 Å². The summed E-state index contributed by atoms with van der Waals surface area (Å²) >= 11 is 0. The minimum Gasteiger partial charge on any atom is -0.508 e. The Morgan fingerprint density at radius 3 is 2.07 bits per heavy atom. The molecule has 0 unspecified atom stereocenters. The molecule has 0 radical (unpaired) electrons. The molecule has 0 atom stereocenters. The van der Waals surface area contributed by atoms with Crippen molar-refractivity contribution in [3.05, 3.63) is 29.3 Å². The zero-order chi connectivity index (χ0) is 10.7. The van der Waals surface area contributed by atoms with Gasteiger partial charge in [0.25, 0.3) is 0 Å². The van der Waals surface area contributed by atoms with Crippen molar-refractivity contribution in [3.8, 4) is 17.2 Å². The molecule has 3 N–H and O–H groups in total. The van der Waals surface area contributed by atoms with E-state index in [-0.39, 0.29) is 17.2 Å². The van der Waals surface area contributed by atoms with Gasteiger partial charge < -0.3 is 15.3 Å². The van der Waals surface area contributed by atoms with Crippen molar-refractivity contribution < 1.29 is 15.3 Å². The molecular formula is C11H14O3. The van der Waals surface area contributed by atoms with Crippen LogP contribution in [0.25, 0.3) is 0 Å². The third-order valence-corrected chi connectivity index (χ3v) is 1.90. The van der Waals surface area contributed by atoms with Crippen molar-refractivity contribution in [3.63, 3.8) is 0 Å². The van der Waals surface area contributed by atoms with Crippen LogP contribution in [0.3, 0.4) is 0 Å². The molecule has 0 fully saturated rings. The van der Waals surface area contributed by atoms with E-state index >= 15 is 0 Å². The number of aromatic hydroxyl groups is 3. The monoisotopic (exact) mass is 194 g/mol. The largest absolute Gasteiger partial charge is 0.508 e. The molecule has 1 aromatic rings. The average molecular weight is 194 g/mol. The number of hydrogen-bond donors (Lipinski definition) is 3. The van der Waals surface area contributed by atoms with Gasteiger partial charge >= 0.3 is 0 Å². The summed E-state index contributed by atoms with van der Waals surface area (Å²) in [7, 11) is 0. The molecule has 0 spiro atoms. The molecule has 0 aliphatic heterocycles. The molecule has 0 heterocycles. The molecule has 0 amide bonds. The summed E-state index contributed by atoms with van der Waals surface area (Å²) in [5.41, 5.74) is 1.54. The Kier molecular flexibility index (Phi) is 3.02. The van der Waals surface area contributed by atoms with Crippen molar-refractivity contribution in [1.29, 1.82) is 0 Å². The lowest BCUT2D eigenvalue weighted by atomic mass is 10.1. The lowest BCUT2D eigenvalue weighted by molar-refractivity contribution is 0.421. The maximum absolute atomic E-state index is 9.44. The molecule has 0 aliphatic rings. The molecule has 0 saturated heterocycles. The second kappa shape index (κ2) is 4.05. The SMILES string of the molecule is CC(C)=CCc1c(O)cc(O)cc1O. The molecule has 1 rings (SSSR count). The summed E-state index contributed by atoms with van der Waals surface area (Å²) < 4.78 is 0. The van der Waals surface area contributed by atoms with Crippen LogP contribution in [0.15, 0.2) is 23.8 Å². The standard InChI is InChI=1S/C11H14O3/c1-7(2)3-4-9-10(13)5-8(12)6-11(9)14/h3,5-6,12-14H,4H2,1-2H3. The Morgan fingerprint density at radius 1 is 1.14 bits per heavy atom. The van der Waals surface area contributed by atoms with E-state index in [0.29, 0.717) is 12.0 Å². The van der Waals surface area contributed by atoms with Crippen LogP contribution in [0.1, 0.15) is 19.4 Å². The minimum atomic E-state index is -0.138. The summed E-state index contributed by atoms with van der Waals surface area (Å²) in [6.07, 6.45) is 2.35. The Hall–Kier alpha value is -1.64. The van der Waals surface area contributed by atoms with Crippen molar-refractivity contribution in [2.45, 2.75) is 20.3 Å².